The van der Waals surface area contributed by atoms with Gasteiger partial charge in [-0.15, -0.1) is 0 Å². The van der Waals surface area contributed by atoms with Crippen molar-refractivity contribution in [2.45, 2.75) is 39.7 Å². The normalized spacial score (nSPS) is 13.6. The number of carboxylic acid groups (broad SMARTS) is 1. The second-order valence-corrected chi connectivity index (χ2v) is 5.49. The number of hydrogen-bond donors (Lipinski definition) is 1. The molecule has 0 saturated carbocycles. The van der Waals surface area contributed by atoms with Crippen LogP contribution in [0.5, 0.6) is 0 Å². The Hall–Kier alpha value is -0.610. The van der Waals surface area contributed by atoms with Crippen molar-refractivity contribution in [3.8, 4) is 0 Å². The number of nitrogens with zero attached hydrogens (tertiary/aromatic N) is 2. The lowest BCUT2D eigenvalue weighted by Crippen LogP contribution is -2.41. The molecule has 0 aromatic rings. The van der Waals surface area contributed by atoms with Crippen LogP contribution >= 0.6 is 0 Å². The fourth-order valence-corrected chi connectivity index (χ4v) is 1.71. The average Bonchev–Trinajstić information content (AvgIpc) is 2.19. The largest absolute Gasteiger partial charge is 0.480 e. The first-order valence-corrected chi connectivity index (χ1v) is 6.43. The molecule has 17 heavy (non-hydrogen) atoms. The predicted octanol–water partition coefficient (Wildman–Crippen LogP) is 1.76. The summed E-state index contributed by atoms with van der Waals surface area (Å²) in [4.78, 5) is 15.0. The van der Waals surface area contributed by atoms with Crippen molar-refractivity contribution in [1.29, 1.82) is 0 Å². The van der Waals surface area contributed by atoms with Crippen molar-refractivity contribution in [2.75, 3.05) is 33.7 Å². The van der Waals surface area contributed by atoms with Crippen LogP contribution in [0.3, 0.4) is 0 Å². The molecular weight excluding hydrogens is 216 g/mol. The van der Waals surface area contributed by atoms with E-state index < -0.39 is 5.97 Å². The van der Waals surface area contributed by atoms with Gasteiger partial charge in [0.1, 0.15) is 0 Å². The number of carboxylic acids is 1. The molecule has 0 bridgehead atoms. The van der Waals surface area contributed by atoms with E-state index in [0.717, 1.165) is 25.9 Å². The molecule has 0 saturated heterocycles. The van der Waals surface area contributed by atoms with E-state index in [1.54, 1.807) is 0 Å². The van der Waals surface area contributed by atoms with Gasteiger partial charge in [0.05, 0.1) is 6.54 Å². The Labute approximate surface area is 106 Å². The van der Waals surface area contributed by atoms with E-state index in [1.165, 1.54) is 0 Å². The van der Waals surface area contributed by atoms with Crippen LogP contribution in [0.15, 0.2) is 0 Å². The minimum Gasteiger partial charge on any atom is -0.480 e. The van der Waals surface area contributed by atoms with Crippen LogP contribution in [0, 0.1) is 5.92 Å². The summed E-state index contributed by atoms with van der Waals surface area (Å²) < 4.78 is 0. The number of aliphatic carboxylic acids is 1. The van der Waals surface area contributed by atoms with Gasteiger partial charge in [-0.3, -0.25) is 9.69 Å². The summed E-state index contributed by atoms with van der Waals surface area (Å²) in [5, 5.41) is 8.92. The van der Waals surface area contributed by atoms with Crippen LogP contribution in [0.4, 0.5) is 0 Å². The molecule has 0 spiro atoms. The molecule has 1 N–H and O–H groups in total. The Morgan fingerprint density at radius 2 is 1.71 bits per heavy atom. The molecule has 0 aliphatic heterocycles. The molecule has 0 aromatic heterocycles. The molecule has 1 atom stereocenters. The first-order chi connectivity index (χ1) is 7.82. The first kappa shape index (κ1) is 16.4. The van der Waals surface area contributed by atoms with Gasteiger partial charge in [0, 0.05) is 19.1 Å². The zero-order chi connectivity index (χ0) is 13.4. The Morgan fingerprint density at radius 1 is 1.12 bits per heavy atom. The SMILES string of the molecule is CC(C)CCC(C)N(CCN(C)C)CC(=O)O. The van der Waals surface area contributed by atoms with Gasteiger partial charge in [-0.2, -0.15) is 0 Å². The summed E-state index contributed by atoms with van der Waals surface area (Å²) in [7, 11) is 4.02. The molecule has 0 fully saturated rings. The molecule has 0 heterocycles. The van der Waals surface area contributed by atoms with Crippen LogP contribution in [-0.2, 0) is 4.79 Å². The number of carbonyl (C=O) groups is 1. The van der Waals surface area contributed by atoms with E-state index in [1.807, 2.05) is 14.1 Å². The van der Waals surface area contributed by atoms with E-state index in [4.69, 9.17) is 5.11 Å². The third-order valence-electron chi connectivity index (χ3n) is 2.96. The summed E-state index contributed by atoms with van der Waals surface area (Å²) in [5.74, 6) is -0.0573. The van der Waals surface area contributed by atoms with E-state index in [9.17, 15) is 4.79 Å². The Kier molecular flexibility index (Phi) is 8.17. The summed E-state index contributed by atoms with van der Waals surface area (Å²) >= 11 is 0. The smallest absolute Gasteiger partial charge is 0.317 e. The van der Waals surface area contributed by atoms with Crippen LogP contribution in [0.25, 0.3) is 0 Å². The minimum atomic E-state index is -0.736. The lowest BCUT2D eigenvalue weighted by molar-refractivity contribution is -0.139. The maximum atomic E-state index is 10.8. The molecule has 0 rings (SSSR count). The fraction of sp³-hybridized carbons (Fsp3) is 0.923. The summed E-state index contributed by atoms with van der Waals surface area (Å²) in [6.07, 6.45) is 2.22. The molecule has 0 aliphatic rings. The lowest BCUT2D eigenvalue weighted by Gasteiger charge is -2.29. The summed E-state index contributed by atoms with van der Waals surface area (Å²) in [6.45, 7) is 8.40. The molecule has 0 aliphatic carbocycles. The highest BCUT2D eigenvalue weighted by atomic mass is 16.4. The van der Waals surface area contributed by atoms with Crippen molar-refractivity contribution >= 4 is 5.97 Å². The van der Waals surface area contributed by atoms with Gasteiger partial charge in [0.25, 0.3) is 0 Å². The highest BCUT2D eigenvalue weighted by Crippen LogP contribution is 2.11. The first-order valence-electron chi connectivity index (χ1n) is 6.43. The fourth-order valence-electron chi connectivity index (χ4n) is 1.71. The molecule has 1 unspecified atom stereocenters. The Balaban J connectivity index is 4.18. The second-order valence-electron chi connectivity index (χ2n) is 5.49. The van der Waals surface area contributed by atoms with Gasteiger partial charge in [-0.1, -0.05) is 13.8 Å². The van der Waals surface area contributed by atoms with Crippen LogP contribution in [-0.4, -0.2) is 60.6 Å². The highest BCUT2D eigenvalue weighted by molar-refractivity contribution is 5.69. The second kappa shape index (κ2) is 8.48. The standard InChI is InChI=1S/C13H28N2O2/c1-11(2)6-7-12(3)15(10-13(16)17)9-8-14(4)5/h11-12H,6-10H2,1-5H3,(H,16,17). The van der Waals surface area contributed by atoms with Crippen molar-refractivity contribution in [2.24, 2.45) is 5.92 Å². The predicted molar refractivity (Wildman–Crippen MR) is 71.3 cm³/mol. The van der Waals surface area contributed by atoms with Gasteiger partial charge < -0.3 is 10.0 Å². The molecule has 0 amide bonds. The van der Waals surface area contributed by atoms with Gasteiger partial charge in [0.2, 0.25) is 0 Å². The van der Waals surface area contributed by atoms with E-state index >= 15 is 0 Å². The Bertz CT molecular complexity index is 217. The molecule has 4 nitrogen and oxygen atoms in total. The zero-order valence-electron chi connectivity index (χ0n) is 11.9. The molecule has 4 heteroatoms. The van der Waals surface area contributed by atoms with Crippen molar-refractivity contribution in [3.05, 3.63) is 0 Å². The lowest BCUT2D eigenvalue weighted by atomic mass is 10.0. The average molecular weight is 244 g/mol. The van der Waals surface area contributed by atoms with Gasteiger partial charge in [-0.05, 0) is 39.8 Å². The topological polar surface area (TPSA) is 43.8 Å². The maximum absolute atomic E-state index is 10.8. The monoisotopic (exact) mass is 244 g/mol. The van der Waals surface area contributed by atoms with Crippen LogP contribution in [0.2, 0.25) is 0 Å². The maximum Gasteiger partial charge on any atom is 0.317 e. The molecule has 0 aromatic carbocycles. The quantitative estimate of drug-likeness (QED) is 0.671. The van der Waals surface area contributed by atoms with Gasteiger partial charge in [0.15, 0.2) is 0 Å². The van der Waals surface area contributed by atoms with Crippen molar-refractivity contribution in [3.63, 3.8) is 0 Å². The molecular formula is C13H28N2O2. The molecule has 0 radical (unpaired) electrons. The summed E-state index contributed by atoms with van der Waals surface area (Å²) in [6, 6.07) is 0.341. The summed E-state index contributed by atoms with van der Waals surface area (Å²) in [5.41, 5.74) is 0. The highest BCUT2D eigenvalue weighted by Gasteiger charge is 2.16. The third kappa shape index (κ3) is 9.12. The third-order valence-corrected chi connectivity index (χ3v) is 2.96. The number of rotatable bonds is 9. The van der Waals surface area contributed by atoms with E-state index in [0.29, 0.717) is 12.0 Å². The Morgan fingerprint density at radius 3 is 2.12 bits per heavy atom. The van der Waals surface area contributed by atoms with E-state index in [2.05, 4.69) is 30.6 Å². The number of likely N-dealkylation sites (N-methyl/N-ethyl adjacent to an activating group) is 1. The van der Waals surface area contributed by atoms with Crippen molar-refractivity contribution in [1.82, 2.24) is 9.80 Å². The van der Waals surface area contributed by atoms with Gasteiger partial charge >= 0.3 is 5.97 Å². The zero-order valence-corrected chi connectivity index (χ0v) is 11.9. The minimum absolute atomic E-state index is 0.146. The van der Waals surface area contributed by atoms with Crippen LogP contribution < -0.4 is 0 Å². The number of hydrogen-bond acceptors (Lipinski definition) is 3. The molecule has 102 valence electrons. The van der Waals surface area contributed by atoms with Crippen molar-refractivity contribution < 1.29 is 9.90 Å². The van der Waals surface area contributed by atoms with Crippen LogP contribution in [0.1, 0.15) is 33.6 Å². The van der Waals surface area contributed by atoms with E-state index in [-0.39, 0.29) is 6.54 Å². The van der Waals surface area contributed by atoms with Gasteiger partial charge in [-0.25, -0.2) is 0 Å².